The Balaban J connectivity index is 1.78. The van der Waals surface area contributed by atoms with Gasteiger partial charge in [-0.15, -0.1) is 0 Å². The summed E-state index contributed by atoms with van der Waals surface area (Å²) in [4.78, 5) is 23.2. The Morgan fingerprint density at radius 3 is 2.42 bits per heavy atom. The number of nitrogens with one attached hydrogen (secondary N) is 1. The molecule has 0 bridgehead atoms. The van der Waals surface area contributed by atoms with Crippen LogP contribution in [0.4, 0.5) is 4.79 Å². The van der Waals surface area contributed by atoms with Gasteiger partial charge in [-0.3, -0.25) is 4.79 Å². The van der Waals surface area contributed by atoms with E-state index in [2.05, 4.69) is 9.88 Å². The molecule has 1 amide bonds. The molecular formula is C23H33BN2O5. The predicted octanol–water partition coefficient (Wildman–Crippen LogP) is 3.67. The van der Waals surface area contributed by atoms with Crippen LogP contribution in [-0.4, -0.2) is 47.4 Å². The van der Waals surface area contributed by atoms with Gasteiger partial charge < -0.3 is 23.9 Å². The Labute approximate surface area is 184 Å². The lowest BCUT2D eigenvalue weighted by molar-refractivity contribution is 0.00578. The number of nitrogens with zero attached hydrogens (tertiary/aromatic N) is 1. The third-order valence-corrected chi connectivity index (χ3v) is 5.82. The first-order valence-corrected chi connectivity index (χ1v) is 10.7. The van der Waals surface area contributed by atoms with E-state index in [4.69, 9.17) is 14.0 Å². The largest absolute Gasteiger partial charge is 0.497 e. The van der Waals surface area contributed by atoms with Gasteiger partial charge in [0.15, 0.2) is 0 Å². The summed E-state index contributed by atoms with van der Waals surface area (Å²) in [6, 6.07) is 5.62. The molecule has 2 heterocycles. The number of alkyl carbamates (subject to hydrolysis) is 1. The Morgan fingerprint density at radius 1 is 1.19 bits per heavy atom. The normalized spacial score (nSPS) is 17.7. The van der Waals surface area contributed by atoms with Crippen molar-refractivity contribution in [2.24, 2.45) is 0 Å². The lowest BCUT2D eigenvalue weighted by Gasteiger charge is -2.32. The lowest BCUT2D eigenvalue weighted by atomic mass is 9.79. The van der Waals surface area contributed by atoms with Crippen molar-refractivity contribution in [2.45, 2.75) is 78.2 Å². The van der Waals surface area contributed by atoms with Crippen LogP contribution in [0.5, 0.6) is 0 Å². The van der Waals surface area contributed by atoms with E-state index in [1.54, 1.807) is 6.07 Å². The van der Waals surface area contributed by atoms with E-state index in [-0.39, 0.29) is 0 Å². The second-order valence-electron chi connectivity index (χ2n) is 10.0. The van der Waals surface area contributed by atoms with Crippen molar-refractivity contribution < 1.29 is 23.6 Å². The molecule has 0 radical (unpaired) electrons. The van der Waals surface area contributed by atoms with E-state index in [0.717, 1.165) is 29.1 Å². The third kappa shape index (κ3) is 5.13. The van der Waals surface area contributed by atoms with Gasteiger partial charge in [-0.2, -0.15) is 0 Å². The molecular weight excluding hydrogens is 395 g/mol. The summed E-state index contributed by atoms with van der Waals surface area (Å²) in [6.45, 7) is 14.8. The molecule has 0 atom stereocenters. The first-order chi connectivity index (χ1) is 14.3. The second kappa shape index (κ2) is 8.32. The molecule has 1 aliphatic rings. The number of ether oxygens (including phenoxy) is 1. The Bertz CT molecular complexity index is 958. The van der Waals surface area contributed by atoms with Gasteiger partial charge in [0, 0.05) is 41.2 Å². The number of rotatable bonds is 6. The number of aryl methyl sites for hydroxylation is 1. The van der Waals surface area contributed by atoms with Crippen molar-refractivity contribution in [1.29, 1.82) is 0 Å². The fourth-order valence-corrected chi connectivity index (χ4v) is 3.51. The summed E-state index contributed by atoms with van der Waals surface area (Å²) in [5, 5.41) is 3.72. The van der Waals surface area contributed by atoms with Crippen molar-refractivity contribution in [2.75, 3.05) is 6.54 Å². The van der Waals surface area contributed by atoms with Crippen LogP contribution in [0.25, 0.3) is 10.9 Å². The topological polar surface area (TPSA) is 78.8 Å². The highest BCUT2D eigenvalue weighted by atomic mass is 16.7. The van der Waals surface area contributed by atoms with Crippen LogP contribution < -0.4 is 10.8 Å². The maximum Gasteiger partial charge on any atom is 0.497 e. The van der Waals surface area contributed by atoms with E-state index in [0.29, 0.717) is 18.7 Å². The van der Waals surface area contributed by atoms with E-state index in [1.165, 1.54) is 0 Å². The fourth-order valence-electron chi connectivity index (χ4n) is 3.51. The molecule has 3 rings (SSSR count). The Kier molecular flexibility index (Phi) is 6.26. The SMILES string of the molecule is CC(C)(C)OC(=O)NCCCn1cc(B2OC(C)(C)C(C)(C)O2)c2cc(C=O)ccc21. The molecule has 1 aromatic carbocycles. The van der Waals surface area contributed by atoms with Gasteiger partial charge in [-0.25, -0.2) is 4.79 Å². The third-order valence-electron chi connectivity index (χ3n) is 5.82. The van der Waals surface area contributed by atoms with Crippen LogP contribution in [0.3, 0.4) is 0 Å². The van der Waals surface area contributed by atoms with Crippen LogP contribution in [0, 0.1) is 0 Å². The highest BCUT2D eigenvalue weighted by Crippen LogP contribution is 2.37. The van der Waals surface area contributed by atoms with Crippen molar-refractivity contribution in [3.8, 4) is 0 Å². The second-order valence-corrected chi connectivity index (χ2v) is 10.0. The minimum absolute atomic E-state index is 0.418. The van der Waals surface area contributed by atoms with Crippen LogP contribution in [0.15, 0.2) is 24.4 Å². The number of hydrogen-bond donors (Lipinski definition) is 1. The lowest BCUT2D eigenvalue weighted by Crippen LogP contribution is -2.41. The van der Waals surface area contributed by atoms with Crippen molar-refractivity contribution in [1.82, 2.24) is 9.88 Å². The molecule has 31 heavy (non-hydrogen) atoms. The quantitative estimate of drug-likeness (QED) is 0.432. The summed E-state index contributed by atoms with van der Waals surface area (Å²) in [7, 11) is -0.518. The van der Waals surface area contributed by atoms with Gasteiger partial charge in [0.05, 0.1) is 11.2 Å². The number of amides is 1. The Morgan fingerprint density at radius 2 is 1.84 bits per heavy atom. The van der Waals surface area contributed by atoms with E-state index < -0.39 is 30.0 Å². The molecule has 0 aliphatic carbocycles. The van der Waals surface area contributed by atoms with E-state index in [1.807, 2.05) is 66.8 Å². The summed E-state index contributed by atoms with van der Waals surface area (Å²) in [5.74, 6) is 0. The number of hydrogen-bond acceptors (Lipinski definition) is 5. The first-order valence-electron chi connectivity index (χ1n) is 10.7. The standard InChI is InChI=1S/C23H33BN2O5/c1-21(2,3)29-20(28)25-11-8-12-26-14-18(17-13-16(15-27)9-10-19(17)26)24-30-22(4,5)23(6,7)31-24/h9-10,13-15H,8,11-12H2,1-7H3,(H,25,28). The van der Waals surface area contributed by atoms with E-state index >= 15 is 0 Å². The maximum absolute atomic E-state index is 11.8. The number of fused-ring (bicyclic) bond motifs is 1. The fraction of sp³-hybridized carbons (Fsp3) is 0.565. The van der Waals surface area contributed by atoms with Gasteiger partial charge >= 0.3 is 13.2 Å². The molecule has 7 nitrogen and oxygen atoms in total. The molecule has 2 aromatic rings. The highest BCUT2D eigenvalue weighted by Gasteiger charge is 2.52. The molecule has 1 fully saturated rings. The summed E-state index contributed by atoms with van der Waals surface area (Å²) < 4.78 is 19.9. The predicted molar refractivity (Wildman–Crippen MR) is 122 cm³/mol. The van der Waals surface area contributed by atoms with Crippen LogP contribution >= 0.6 is 0 Å². The van der Waals surface area contributed by atoms with Crippen LogP contribution in [0.1, 0.15) is 65.2 Å². The molecule has 0 unspecified atom stereocenters. The summed E-state index contributed by atoms with van der Waals surface area (Å²) in [5.41, 5.74) is 1.08. The van der Waals surface area contributed by atoms with Crippen molar-refractivity contribution in [3.63, 3.8) is 0 Å². The van der Waals surface area contributed by atoms with Gasteiger partial charge in [-0.05, 0) is 73.1 Å². The van der Waals surface area contributed by atoms with E-state index in [9.17, 15) is 9.59 Å². The van der Waals surface area contributed by atoms with Gasteiger partial charge in [0.1, 0.15) is 11.9 Å². The number of aromatic nitrogens is 1. The molecule has 8 heteroatoms. The number of aldehydes is 1. The average molecular weight is 428 g/mol. The number of benzene rings is 1. The maximum atomic E-state index is 11.8. The first kappa shape index (κ1) is 23.4. The minimum atomic E-state index is -0.519. The van der Waals surface area contributed by atoms with Crippen LogP contribution in [0.2, 0.25) is 0 Å². The molecule has 1 saturated heterocycles. The zero-order valence-corrected chi connectivity index (χ0v) is 19.6. The summed E-state index contributed by atoms with van der Waals surface area (Å²) in [6.07, 6.45) is 3.17. The zero-order chi connectivity index (χ0) is 23.0. The zero-order valence-electron chi connectivity index (χ0n) is 19.6. The molecule has 1 aromatic heterocycles. The number of carbonyl (C=O) groups is 2. The monoisotopic (exact) mass is 428 g/mol. The van der Waals surface area contributed by atoms with Crippen LogP contribution in [-0.2, 0) is 20.6 Å². The molecule has 0 spiro atoms. The molecule has 1 aliphatic heterocycles. The molecule has 168 valence electrons. The van der Waals surface area contributed by atoms with Gasteiger partial charge in [-0.1, -0.05) is 0 Å². The van der Waals surface area contributed by atoms with Crippen molar-refractivity contribution in [3.05, 3.63) is 30.0 Å². The Hall–Kier alpha value is -2.32. The highest BCUT2D eigenvalue weighted by molar-refractivity contribution is 6.65. The molecule has 1 N–H and O–H groups in total. The number of carbonyl (C=O) groups excluding carboxylic acids is 2. The molecule has 0 saturated carbocycles. The minimum Gasteiger partial charge on any atom is -0.444 e. The van der Waals surface area contributed by atoms with Gasteiger partial charge in [0.25, 0.3) is 0 Å². The average Bonchev–Trinajstić information content (AvgIpc) is 3.10. The van der Waals surface area contributed by atoms with Crippen molar-refractivity contribution >= 4 is 35.9 Å². The summed E-state index contributed by atoms with van der Waals surface area (Å²) >= 11 is 0. The van der Waals surface area contributed by atoms with Gasteiger partial charge in [0.2, 0.25) is 0 Å². The smallest absolute Gasteiger partial charge is 0.444 e.